The van der Waals surface area contributed by atoms with Gasteiger partial charge in [0.25, 0.3) is 0 Å². The summed E-state index contributed by atoms with van der Waals surface area (Å²) in [6.45, 7) is 0. The van der Waals surface area contributed by atoms with Gasteiger partial charge in [-0.05, 0) is 5.56 Å². The quantitative estimate of drug-likeness (QED) is 0.735. The number of thioether (sulfide) groups is 1. The van der Waals surface area contributed by atoms with Gasteiger partial charge in [-0.15, -0.1) is 11.8 Å². The summed E-state index contributed by atoms with van der Waals surface area (Å²) >= 11 is 7.31. The Morgan fingerprint density at radius 2 is 2.00 bits per heavy atom. The molecule has 1 aliphatic heterocycles. The van der Waals surface area contributed by atoms with E-state index in [1.54, 1.807) is 24.3 Å². The third kappa shape index (κ3) is 2.83. The predicted octanol–water partition coefficient (Wildman–Crippen LogP) is 1.06. The zero-order valence-corrected chi connectivity index (χ0v) is 14.0. The van der Waals surface area contributed by atoms with Gasteiger partial charge >= 0.3 is 5.97 Å². The van der Waals surface area contributed by atoms with Crippen molar-refractivity contribution >= 4 is 41.0 Å². The van der Waals surface area contributed by atoms with Crippen molar-refractivity contribution < 1.29 is 19.5 Å². The van der Waals surface area contributed by atoms with E-state index in [-0.39, 0.29) is 21.6 Å². The van der Waals surface area contributed by atoms with E-state index in [2.05, 4.69) is 5.32 Å². The normalized spacial score (nSPS) is 27.1. The van der Waals surface area contributed by atoms with Gasteiger partial charge in [-0.3, -0.25) is 9.59 Å². The van der Waals surface area contributed by atoms with Crippen LogP contribution in [0, 0.1) is 5.92 Å². The Balaban J connectivity index is 1.71. The van der Waals surface area contributed by atoms with Crippen LogP contribution in [0.2, 0.25) is 0 Å². The van der Waals surface area contributed by atoms with Crippen molar-refractivity contribution in [1.29, 1.82) is 0 Å². The van der Waals surface area contributed by atoms with Crippen LogP contribution in [0.4, 0.5) is 0 Å². The number of benzene rings is 1. The Morgan fingerprint density at radius 3 is 2.62 bits per heavy atom. The molecule has 1 fully saturated rings. The first-order valence-corrected chi connectivity index (χ1v) is 8.72. The van der Waals surface area contributed by atoms with Crippen molar-refractivity contribution in [2.45, 2.75) is 17.3 Å². The molecule has 1 aromatic carbocycles. The molecule has 1 amide bonds. The highest BCUT2D eigenvalue weighted by Crippen LogP contribution is 2.46. The van der Waals surface area contributed by atoms with Crippen molar-refractivity contribution in [2.24, 2.45) is 11.7 Å². The van der Waals surface area contributed by atoms with Gasteiger partial charge in [-0.1, -0.05) is 41.9 Å². The van der Waals surface area contributed by atoms with Crippen LogP contribution in [0.15, 0.2) is 40.9 Å². The van der Waals surface area contributed by atoms with Crippen LogP contribution in [-0.2, 0) is 14.4 Å². The fraction of sp³-hybridized carbons (Fsp3) is 0.312. The van der Waals surface area contributed by atoms with Gasteiger partial charge in [0.2, 0.25) is 5.91 Å². The number of hydrogen-bond donors (Lipinski definition) is 3. The first-order chi connectivity index (χ1) is 11.4. The molecule has 0 saturated heterocycles. The van der Waals surface area contributed by atoms with Crippen molar-refractivity contribution in [3.8, 4) is 0 Å². The second kappa shape index (κ2) is 6.58. The Bertz CT molecular complexity index is 737. The van der Waals surface area contributed by atoms with Gasteiger partial charge in [0, 0.05) is 16.0 Å². The summed E-state index contributed by atoms with van der Waals surface area (Å²) in [6.07, 6.45) is 0. The van der Waals surface area contributed by atoms with Crippen molar-refractivity contribution in [3.63, 3.8) is 0 Å². The van der Waals surface area contributed by atoms with E-state index in [0.29, 0.717) is 11.3 Å². The summed E-state index contributed by atoms with van der Waals surface area (Å²) in [7, 11) is 0. The minimum atomic E-state index is -1.19. The summed E-state index contributed by atoms with van der Waals surface area (Å²) in [6, 6.07) is 7.21. The number of carboxylic acids is 1. The van der Waals surface area contributed by atoms with Crippen LogP contribution in [-0.4, -0.2) is 39.8 Å². The second-order valence-electron chi connectivity index (χ2n) is 5.65. The molecular formula is C16H15ClN2O4S. The molecule has 0 spiro atoms. The number of ketones is 1. The number of halogens is 1. The molecule has 8 heteroatoms. The molecule has 1 heterocycles. The first-order valence-electron chi connectivity index (χ1n) is 7.30. The highest BCUT2D eigenvalue weighted by atomic mass is 35.5. The molecular weight excluding hydrogens is 352 g/mol. The van der Waals surface area contributed by atoms with Crippen LogP contribution in [0.1, 0.15) is 11.6 Å². The number of fused-ring (bicyclic) bond motifs is 1. The summed E-state index contributed by atoms with van der Waals surface area (Å²) < 4.78 is 0. The molecule has 4 atom stereocenters. The molecule has 24 heavy (non-hydrogen) atoms. The molecule has 0 radical (unpaired) electrons. The van der Waals surface area contributed by atoms with Crippen LogP contribution in [0.5, 0.6) is 0 Å². The smallest absolute Gasteiger partial charge is 0.333 e. The largest absolute Gasteiger partial charge is 0.478 e. The Labute approximate surface area is 147 Å². The number of carbonyl (C=O) groups is 3. The number of rotatable bonds is 4. The molecule has 2 aliphatic rings. The molecule has 4 N–H and O–H groups in total. The molecule has 126 valence electrons. The lowest BCUT2D eigenvalue weighted by atomic mass is 9.72. The summed E-state index contributed by atoms with van der Waals surface area (Å²) in [5, 5.41) is 11.8. The molecule has 6 nitrogen and oxygen atoms in total. The first kappa shape index (κ1) is 17.0. The predicted molar refractivity (Wildman–Crippen MR) is 90.6 cm³/mol. The van der Waals surface area contributed by atoms with E-state index in [1.165, 1.54) is 11.8 Å². The monoisotopic (exact) mass is 366 g/mol. The van der Waals surface area contributed by atoms with Crippen LogP contribution in [0.3, 0.4) is 0 Å². The summed E-state index contributed by atoms with van der Waals surface area (Å²) in [5.41, 5.74) is 6.51. The minimum absolute atomic E-state index is 0.0525. The van der Waals surface area contributed by atoms with E-state index < -0.39 is 29.9 Å². The van der Waals surface area contributed by atoms with Gasteiger partial charge in [0.1, 0.15) is 12.1 Å². The zero-order valence-electron chi connectivity index (χ0n) is 12.4. The highest BCUT2D eigenvalue weighted by molar-refractivity contribution is 8.00. The average molecular weight is 367 g/mol. The number of Topliss-reactive ketones (excluding diaryl/α,β-unsaturated/α-hetero) is 1. The van der Waals surface area contributed by atoms with Crippen LogP contribution >= 0.6 is 23.4 Å². The third-order valence-electron chi connectivity index (χ3n) is 4.25. The average Bonchev–Trinajstić information content (AvgIpc) is 2.59. The lowest BCUT2D eigenvalue weighted by molar-refractivity contribution is -0.139. The summed E-state index contributed by atoms with van der Waals surface area (Å²) in [4.78, 5) is 35.9. The molecule has 3 rings (SSSR count). The van der Waals surface area contributed by atoms with Crippen molar-refractivity contribution in [3.05, 3.63) is 46.5 Å². The maximum atomic E-state index is 12.3. The van der Waals surface area contributed by atoms with Gasteiger partial charge in [0.05, 0.1) is 11.5 Å². The highest BCUT2D eigenvalue weighted by Gasteiger charge is 2.56. The van der Waals surface area contributed by atoms with Crippen molar-refractivity contribution in [2.75, 3.05) is 5.75 Å². The lowest BCUT2D eigenvalue weighted by Gasteiger charge is -2.45. The fourth-order valence-electron chi connectivity index (χ4n) is 2.96. The Morgan fingerprint density at radius 1 is 1.33 bits per heavy atom. The number of nitrogens with one attached hydrogen (secondary N) is 1. The van der Waals surface area contributed by atoms with E-state index in [1.807, 2.05) is 6.07 Å². The molecule has 0 aromatic heterocycles. The molecule has 1 unspecified atom stereocenters. The van der Waals surface area contributed by atoms with Gasteiger partial charge < -0.3 is 16.2 Å². The van der Waals surface area contributed by atoms with Crippen molar-refractivity contribution in [1.82, 2.24) is 5.32 Å². The van der Waals surface area contributed by atoms with E-state index in [0.717, 1.165) is 0 Å². The topological polar surface area (TPSA) is 109 Å². The summed E-state index contributed by atoms with van der Waals surface area (Å²) in [5.74, 6) is -2.44. The zero-order chi connectivity index (χ0) is 17.4. The second-order valence-corrected chi connectivity index (χ2v) is 7.28. The number of carbonyl (C=O) groups excluding carboxylic acids is 2. The van der Waals surface area contributed by atoms with Gasteiger partial charge in [-0.25, -0.2) is 4.79 Å². The number of aliphatic carboxylic acids is 1. The maximum absolute atomic E-state index is 12.3. The Hall–Kier alpha value is -1.83. The molecule has 1 aromatic rings. The van der Waals surface area contributed by atoms with E-state index >= 15 is 0 Å². The minimum Gasteiger partial charge on any atom is -0.478 e. The van der Waals surface area contributed by atoms with Crippen LogP contribution < -0.4 is 11.1 Å². The number of nitrogens with two attached hydrogens (primary N) is 1. The maximum Gasteiger partial charge on any atom is 0.333 e. The number of carboxylic acid groups (broad SMARTS) is 1. The lowest BCUT2D eigenvalue weighted by Crippen LogP contribution is -2.65. The SMILES string of the molecule is N[C@@H](C(=O)N[C@@H]1C(=O)C2C(C(=O)O)=C(Cl)CS[C@@H]21)c1ccccc1. The number of hydrogen-bond acceptors (Lipinski definition) is 5. The Kier molecular flexibility index (Phi) is 4.67. The fourth-order valence-corrected chi connectivity index (χ4v) is 4.70. The van der Waals surface area contributed by atoms with Crippen LogP contribution in [0.25, 0.3) is 0 Å². The van der Waals surface area contributed by atoms with Gasteiger partial charge in [0.15, 0.2) is 5.78 Å². The molecule has 1 saturated carbocycles. The molecule has 1 aliphatic carbocycles. The van der Waals surface area contributed by atoms with Gasteiger partial charge in [-0.2, -0.15) is 0 Å². The standard InChI is InChI=1S/C16H15ClN2O4S/c17-8-6-24-14-10(9(8)16(22)23)13(20)12(14)19-15(21)11(18)7-4-2-1-3-5-7/h1-5,10-12,14H,6,18H2,(H,19,21)(H,22,23)/t10?,11-,12-,14+/m1/s1. The number of amides is 1. The van der Waals surface area contributed by atoms with E-state index in [4.69, 9.17) is 17.3 Å². The third-order valence-corrected chi connectivity index (χ3v) is 6.13. The van der Waals surface area contributed by atoms with E-state index in [9.17, 15) is 19.5 Å². The molecule has 0 bridgehead atoms.